The molecule has 3 aliphatic carbocycles. The molecular weight excluding hydrogens is 1280 g/mol. The molecule has 5 fully saturated rings. The van der Waals surface area contributed by atoms with E-state index in [9.17, 15) is 51.5 Å². The fourth-order valence-electron chi connectivity index (χ4n) is 14.6. The third-order valence-corrected chi connectivity index (χ3v) is 21.2. The standard InChI is InChI=1S/C69H106ClF3N12O12/c1-14-43(4)58-65(95)80(9)40-56(88)78(7)41-57(89)82(11)52(37-44-23-16-15-17-24-44)64(94)79(8)39-54(86)74-49(31-29-45-28-30-47(48(70)36-45)69(71,72)73)62(92)85-34-22-27-50(85)61(91)76-68(32-20-21-33-68)67(97)84(13)59(46-25-18-19-26-46)66(96)83(12)53(63(93)77(5)6)38-55(87)81(10)51(35-42(2)3)60(90)75-58/h28,30,36,42-44,46,49-53,58-59H,14-27,29,31-35,37-41H2,1-13H3,(H,74,86)(H,75,90)(H,76,91)/t43-,49-,50?,51-,52-,53-,58-,59-/m0/s1. The fraction of sp³-hybridized carbons (Fsp3) is 0.739. The zero-order chi connectivity index (χ0) is 72.1. The Hall–Kier alpha value is -7.06. The first-order chi connectivity index (χ1) is 45.5. The van der Waals surface area contributed by atoms with E-state index in [-0.39, 0.29) is 63.3 Å². The van der Waals surface area contributed by atoms with E-state index >= 15 is 19.2 Å². The molecule has 5 aliphatic rings. The van der Waals surface area contributed by atoms with Crippen molar-refractivity contribution in [2.75, 3.05) is 89.6 Å². The maximum atomic E-state index is 15.5. The lowest BCUT2D eigenvalue weighted by Crippen LogP contribution is -2.65. The summed E-state index contributed by atoms with van der Waals surface area (Å²) in [5.41, 5.74) is -2.34. The van der Waals surface area contributed by atoms with E-state index < -0.39 is 173 Å². The Labute approximate surface area is 575 Å². The van der Waals surface area contributed by atoms with Crippen molar-refractivity contribution in [2.45, 2.75) is 217 Å². The third-order valence-electron chi connectivity index (χ3n) is 20.9. The summed E-state index contributed by atoms with van der Waals surface area (Å²) in [6.45, 7) is 5.63. The molecule has 97 heavy (non-hydrogen) atoms. The summed E-state index contributed by atoms with van der Waals surface area (Å²) < 4.78 is 41.5. The number of nitrogens with one attached hydrogen (secondary N) is 3. The summed E-state index contributed by atoms with van der Waals surface area (Å²) in [7, 11) is 12.8. The van der Waals surface area contributed by atoms with Crippen LogP contribution in [0.4, 0.5) is 13.2 Å². The third kappa shape index (κ3) is 19.9. The Morgan fingerprint density at radius 1 is 0.660 bits per heavy atom. The van der Waals surface area contributed by atoms with Gasteiger partial charge in [0.05, 0.1) is 36.6 Å². The SMILES string of the molecule is CC[C@H](C)[C@@H]1NC(=O)[C@H](CC(C)C)N(C)C(=O)C[C@@H](C(=O)N(C)C)N(C)C(=O)[C@H](C2CCCC2)N(C)C(=O)C2(CCCC2)NC(=O)C2CCCN2C(=O)[C@H](CCc2ccc(C(F)(F)F)c(Cl)c2)NC(=O)CN(C)C(=O)[C@H](CC2CCCCC2)N(C)C(=O)CN(C)C(=O)CN(C)C1=O. The molecular formula is C69H106ClF3N12O12. The number of rotatable bonds is 11. The molecule has 8 atom stereocenters. The van der Waals surface area contributed by atoms with Gasteiger partial charge in [-0.15, -0.1) is 0 Å². The quantitative estimate of drug-likeness (QED) is 0.261. The number of aryl methyl sites for hydroxylation is 1. The van der Waals surface area contributed by atoms with Crippen LogP contribution in [0, 0.1) is 23.7 Å². The molecule has 0 bridgehead atoms. The Bertz CT molecular complexity index is 3030. The van der Waals surface area contributed by atoms with Crippen molar-refractivity contribution in [3.05, 3.63) is 34.3 Å². The molecule has 1 spiro atoms. The van der Waals surface area contributed by atoms with E-state index in [0.29, 0.717) is 44.1 Å². The van der Waals surface area contributed by atoms with Crippen molar-refractivity contribution in [3.63, 3.8) is 0 Å². The number of likely N-dealkylation sites (N-methyl/N-ethyl adjacent to an activating group) is 8. The van der Waals surface area contributed by atoms with Crippen LogP contribution in [-0.2, 0) is 70.1 Å². The van der Waals surface area contributed by atoms with Gasteiger partial charge in [0.15, 0.2) is 0 Å². The lowest BCUT2D eigenvalue weighted by atomic mass is 9.84. The number of fused-ring (bicyclic) bond motifs is 1. The number of halogens is 4. The highest BCUT2D eigenvalue weighted by molar-refractivity contribution is 6.31. The summed E-state index contributed by atoms with van der Waals surface area (Å²) in [5, 5.41) is 8.10. The van der Waals surface area contributed by atoms with Crippen molar-refractivity contribution in [3.8, 4) is 0 Å². The van der Waals surface area contributed by atoms with Gasteiger partial charge in [-0.2, -0.15) is 13.2 Å². The van der Waals surface area contributed by atoms with Crippen molar-refractivity contribution in [2.24, 2.45) is 23.7 Å². The highest BCUT2D eigenvalue weighted by atomic mass is 35.5. The van der Waals surface area contributed by atoms with E-state index in [1.807, 2.05) is 20.8 Å². The molecule has 2 saturated heterocycles. The normalized spacial score (nSPS) is 26.3. The lowest BCUT2D eigenvalue weighted by Gasteiger charge is -2.42. The lowest BCUT2D eigenvalue weighted by molar-refractivity contribution is -0.156. The Morgan fingerprint density at radius 3 is 1.85 bits per heavy atom. The monoisotopic (exact) mass is 1390 g/mol. The van der Waals surface area contributed by atoms with Gasteiger partial charge >= 0.3 is 6.18 Å². The highest BCUT2D eigenvalue weighted by Crippen LogP contribution is 2.39. The molecule has 0 aromatic heterocycles. The van der Waals surface area contributed by atoms with Crippen LogP contribution >= 0.6 is 11.6 Å². The number of carbonyl (C=O) groups excluding carboxylic acids is 12. The van der Waals surface area contributed by atoms with Crippen LogP contribution in [0.5, 0.6) is 0 Å². The van der Waals surface area contributed by atoms with Crippen molar-refractivity contribution < 1.29 is 70.7 Å². The number of nitrogens with zero attached hydrogens (tertiary/aromatic N) is 9. The predicted molar refractivity (Wildman–Crippen MR) is 357 cm³/mol. The molecule has 6 rings (SSSR count). The van der Waals surface area contributed by atoms with Gasteiger partial charge in [0, 0.05) is 70.0 Å². The van der Waals surface area contributed by atoms with Crippen molar-refractivity contribution >= 4 is 82.5 Å². The van der Waals surface area contributed by atoms with Crippen LogP contribution in [0.3, 0.4) is 0 Å². The molecule has 2 heterocycles. The summed E-state index contributed by atoms with van der Waals surface area (Å²) in [6, 6.07) is -5.60. The number of benzene rings is 1. The van der Waals surface area contributed by atoms with Gasteiger partial charge in [-0.1, -0.05) is 110 Å². The van der Waals surface area contributed by atoms with E-state index in [1.165, 1.54) is 98.9 Å². The van der Waals surface area contributed by atoms with Gasteiger partial charge in [0.1, 0.15) is 47.8 Å². The first-order valence-corrected chi connectivity index (χ1v) is 35.0. The Balaban J connectivity index is 1.42. The summed E-state index contributed by atoms with van der Waals surface area (Å²) in [5.74, 6) is -8.99. The van der Waals surface area contributed by atoms with E-state index in [1.54, 1.807) is 6.92 Å². The molecule has 1 unspecified atom stereocenters. The van der Waals surface area contributed by atoms with E-state index in [0.717, 1.165) is 71.8 Å². The molecule has 1 aromatic rings. The van der Waals surface area contributed by atoms with Crippen molar-refractivity contribution in [1.82, 2.24) is 60.0 Å². The number of hydrogen-bond donors (Lipinski definition) is 3. The minimum Gasteiger partial charge on any atom is -0.347 e. The van der Waals surface area contributed by atoms with E-state index in [2.05, 4.69) is 16.0 Å². The minimum atomic E-state index is -4.76. The Morgan fingerprint density at radius 2 is 1.26 bits per heavy atom. The highest BCUT2D eigenvalue weighted by Gasteiger charge is 2.51. The zero-order valence-corrected chi connectivity index (χ0v) is 60.0. The van der Waals surface area contributed by atoms with Gasteiger partial charge in [-0.3, -0.25) is 57.5 Å². The first-order valence-electron chi connectivity index (χ1n) is 34.6. The number of alkyl halides is 3. The van der Waals surface area contributed by atoms with Crippen LogP contribution in [0.15, 0.2) is 18.2 Å². The van der Waals surface area contributed by atoms with Gasteiger partial charge in [0.2, 0.25) is 70.9 Å². The number of amides is 12. The van der Waals surface area contributed by atoms with Crippen LogP contribution in [0.1, 0.15) is 167 Å². The van der Waals surface area contributed by atoms with Gasteiger partial charge < -0.3 is 60.0 Å². The molecule has 1 aromatic carbocycles. The van der Waals surface area contributed by atoms with Crippen molar-refractivity contribution in [1.29, 1.82) is 0 Å². The van der Waals surface area contributed by atoms with Gasteiger partial charge in [0.25, 0.3) is 0 Å². The summed E-state index contributed by atoms with van der Waals surface area (Å²) in [4.78, 5) is 188. The molecule has 3 saturated carbocycles. The maximum absolute atomic E-state index is 15.5. The molecule has 542 valence electrons. The second-order valence-corrected chi connectivity index (χ2v) is 29.1. The molecule has 24 nitrogen and oxygen atoms in total. The second-order valence-electron chi connectivity index (χ2n) is 28.7. The minimum absolute atomic E-state index is 0.0191. The number of hydrogen-bond acceptors (Lipinski definition) is 12. The molecule has 0 radical (unpaired) electrons. The largest absolute Gasteiger partial charge is 0.417 e. The second kappa shape index (κ2) is 34.6. The maximum Gasteiger partial charge on any atom is 0.417 e. The summed E-state index contributed by atoms with van der Waals surface area (Å²) in [6.07, 6.45) is 3.83. The first kappa shape index (κ1) is 78.9. The Kier molecular flexibility index (Phi) is 28.2. The zero-order valence-electron chi connectivity index (χ0n) is 59.2. The molecule has 3 N–H and O–H groups in total. The van der Waals surface area contributed by atoms with Crippen LogP contribution in [-0.4, -0.2) is 252 Å². The average Bonchev–Trinajstić information content (AvgIpc) is 1.68. The fourth-order valence-corrected chi connectivity index (χ4v) is 15.0. The predicted octanol–water partition coefficient (Wildman–Crippen LogP) is 5.11. The molecule has 2 aliphatic heterocycles. The van der Waals surface area contributed by atoms with Crippen LogP contribution in [0.2, 0.25) is 5.02 Å². The topological polar surface area (TPSA) is 270 Å². The van der Waals surface area contributed by atoms with Crippen LogP contribution < -0.4 is 16.0 Å². The summed E-state index contributed by atoms with van der Waals surface area (Å²) >= 11 is 6.14. The molecule has 12 amide bonds. The smallest absolute Gasteiger partial charge is 0.347 e. The van der Waals surface area contributed by atoms with Crippen LogP contribution in [0.25, 0.3) is 0 Å². The van der Waals surface area contributed by atoms with E-state index in [4.69, 9.17) is 11.6 Å². The molecule has 28 heteroatoms. The van der Waals surface area contributed by atoms with Gasteiger partial charge in [-0.05, 0) is 106 Å². The average molecular weight is 1390 g/mol. The number of carbonyl (C=O) groups is 12. The van der Waals surface area contributed by atoms with Gasteiger partial charge in [-0.25, -0.2) is 0 Å².